The number of amides is 1. The molecule has 0 radical (unpaired) electrons. The molecule has 3 aromatic carbocycles. The number of benzene rings is 3. The van der Waals surface area contributed by atoms with Crippen molar-refractivity contribution in [1.29, 1.82) is 0 Å². The van der Waals surface area contributed by atoms with Gasteiger partial charge >= 0.3 is 0 Å². The Morgan fingerprint density at radius 1 is 0.900 bits per heavy atom. The van der Waals surface area contributed by atoms with Gasteiger partial charge in [0.2, 0.25) is 5.91 Å². The summed E-state index contributed by atoms with van der Waals surface area (Å²) in [6, 6.07) is 21.7. The number of carbonyl (C=O) groups is 1. The molecule has 1 amide bonds. The maximum Gasteiger partial charge on any atom is 0.238 e. The van der Waals surface area contributed by atoms with Crippen molar-refractivity contribution in [1.82, 2.24) is 4.90 Å². The fourth-order valence-corrected chi connectivity index (χ4v) is 3.26. The average Bonchev–Trinajstić information content (AvgIpc) is 2.72. The largest absolute Gasteiger partial charge is 0.391 e. The lowest BCUT2D eigenvalue weighted by atomic mass is 10.1. The molecule has 0 aliphatic heterocycles. The molecule has 3 aromatic rings. The minimum absolute atomic E-state index is 0.0816. The van der Waals surface area contributed by atoms with E-state index in [-0.39, 0.29) is 31.1 Å². The monoisotopic (exact) mass is 410 g/mol. The number of rotatable bonds is 9. The summed E-state index contributed by atoms with van der Waals surface area (Å²) in [4.78, 5) is 14.2. The number of hydrogen-bond acceptors (Lipinski definition) is 3. The predicted octanol–water partition coefficient (Wildman–Crippen LogP) is 4.01. The Hall–Kier alpha value is -3.09. The van der Waals surface area contributed by atoms with Crippen LogP contribution in [0.5, 0.6) is 0 Å². The van der Waals surface area contributed by atoms with E-state index >= 15 is 0 Å². The molecule has 0 aliphatic carbocycles. The SMILES string of the molecule is O=C(CN(Cc1ccccc1F)CC(O)Cc1ccccc1)Nc1ccccc1F. The molecular weight excluding hydrogens is 386 g/mol. The van der Waals surface area contributed by atoms with Crippen LogP contribution in [0, 0.1) is 11.6 Å². The first kappa shape index (κ1) is 21.6. The summed E-state index contributed by atoms with van der Waals surface area (Å²) in [5, 5.41) is 13.1. The van der Waals surface area contributed by atoms with E-state index in [0.29, 0.717) is 12.0 Å². The van der Waals surface area contributed by atoms with Crippen molar-refractivity contribution < 1.29 is 18.7 Å². The van der Waals surface area contributed by atoms with E-state index in [1.54, 1.807) is 29.2 Å². The van der Waals surface area contributed by atoms with Crippen LogP contribution in [-0.2, 0) is 17.8 Å². The number of halogens is 2. The van der Waals surface area contributed by atoms with Crippen LogP contribution >= 0.6 is 0 Å². The third kappa shape index (κ3) is 6.47. The molecule has 3 rings (SSSR count). The molecular formula is C24H24F2N2O2. The molecule has 1 atom stereocenters. The van der Waals surface area contributed by atoms with Crippen LogP contribution in [0.2, 0.25) is 0 Å². The Morgan fingerprint density at radius 2 is 1.53 bits per heavy atom. The summed E-state index contributed by atoms with van der Waals surface area (Å²) in [7, 11) is 0. The fraction of sp³-hybridized carbons (Fsp3) is 0.208. The Bertz CT molecular complexity index is 966. The van der Waals surface area contributed by atoms with Gasteiger partial charge in [-0.1, -0.05) is 60.7 Å². The van der Waals surface area contributed by atoms with E-state index in [2.05, 4.69) is 5.32 Å². The summed E-state index contributed by atoms with van der Waals surface area (Å²) in [6.07, 6.45) is -0.343. The maximum absolute atomic E-state index is 14.1. The number of aliphatic hydroxyl groups is 1. The van der Waals surface area contributed by atoms with Crippen LogP contribution in [0.1, 0.15) is 11.1 Å². The first-order valence-corrected chi connectivity index (χ1v) is 9.73. The van der Waals surface area contributed by atoms with Gasteiger partial charge in [0, 0.05) is 18.7 Å². The van der Waals surface area contributed by atoms with Crippen molar-refractivity contribution in [3.63, 3.8) is 0 Å². The number of para-hydroxylation sites is 1. The minimum Gasteiger partial charge on any atom is -0.391 e. The van der Waals surface area contributed by atoms with Gasteiger partial charge in [-0.3, -0.25) is 9.69 Å². The molecule has 0 bridgehead atoms. The predicted molar refractivity (Wildman–Crippen MR) is 113 cm³/mol. The summed E-state index contributed by atoms with van der Waals surface area (Å²) in [6.45, 7) is 0.186. The normalized spacial score (nSPS) is 12.0. The van der Waals surface area contributed by atoms with Gasteiger partial charge in [0.25, 0.3) is 0 Å². The van der Waals surface area contributed by atoms with Gasteiger partial charge < -0.3 is 10.4 Å². The number of aliphatic hydroxyl groups excluding tert-OH is 1. The lowest BCUT2D eigenvalue weighted by Crippen LogP contribution is -2.39. The molecule has 0 spiro atoms. The highest BCUT2D eigenvalue weighted by Gasteiger charge is 2.18. The lowest BCUT2D eigenvalue weighted by molar-refractivity contribution is -0.117. The second-order valence-electron chi connectivity index (χ2n) is 7.13. The van der Waals surface area contributed by atoms with E-state index in [1.165, 1.54) is 24.3 Å². The molecule has 30 heavy (non-hydrogen) atoms. The average molecular weight is 410 g/mol. The summed E-state index contributed by atoms with van der Waals surface area (Å²) in [5.74, 6) is -1.35. The topological polar surface area (TPSA) is 52.6 Å². The molecule has 156 valence electrons. The molecule has 0 saturated heterocycles. The van der Waals surface area contributed by atoms with Crippen LogP contribution in [0.3, 0.4) is 0 Å². The number of anilines is 1. The zero-order valence-corrected chi connectivity index (χ0v) is 16.5. The molecule has 1 unspecified atom stereocenters. The number of carbonyl (C=O) groups excluding carboxylic acids is 1. The van der Waals surface area contributed by atoms with E-state index in [1.807, 2.05) is 30.3 Å². The van der Waals surface area contributed by atoms with Crippen LogP contribution in [-0.4, -0.2) is 35.1 Å². The Kier molecular flexibility index (Phi) is 7.65. The molecule has 0 fully saturated rings. The summed E-state index contributed by atoms with van der Waals surface area (Å²) >= 11 is 0. The summed E-state index contributed by atoms with van der Waals surface area (Å²) < 4.78 is 28.0. The van der Waals surface area contributed by atoms with Crippen LogP contribution in [0.4, 0.5) is 14.5 Å². The number of nitrogens with zero attached hydrogens (tertiary/aromatic N) is 1. The first-order chi connectivity index (χ1) is 14.5. The quantitative estimate of drug-likeness (QED) is 0.561. The van der Waals surface area contributed by atoms with Gasteiger partial charge in [0.05, 0.1) is 18.3 Å². The molecule has 2 N–H and O–H groups in total. The molecule has 6 heteroatoms. The summed E-state index contributed by atoms with van der Waals surface area (Å²) in [5.41, 5.74) is 1.47. The standard InChI is InChI=1S/C24H24F2N2O2/c25-21-11-5-4-10-19(21)15-28(16-20(29)14-18-8-2-1-3-9-18)17-24(30)27-23-13-7-6-12-22(23)26/h1-13,20,29H,14-17H2,(H,27,30). The van der Waals surface area contributed by atoms with Crippen LogP contribution in [0.15, 0.2) is 78.9 Å². The van der Waals surface area contributed by atoms with Crippen molar-refractivity contribution >= 4 is 11.6 Å². The van der Waals surface area contributed by atoms with Gasteiger partial charge in [-0.25, -0.2) is 8.78 Å². The highest BCUT2D eigenvalue weighted by molar-refractivity contribution is 5.92. The highest BCUT2D eigenvalue weighted by atomic mass is 19.1. The molecule has 0 saturated carbocycles. The Balaban J connectivity index is 1.69. The zero-order chi connectivity index (χ0) is 21.3. The van der Waals surface area contributed by atoms with Crippen molar-refractivity contribution in [3.05, 3.63) is 102 Å². The van der Waals surface area contributed by atoms with Crippen molar-refractivity contribution in [3.8, 4) is 0 Å². The van der Waals surface area contributed by atoms with E-state index < -0.39 is 17.8 Å². The van der Waals surface area contributed by atoms with Gasteiger partial charge in [0.1, 0.15) is 11.6 Å². The van der Waals surface area contributed by atoms with Gasteiger partial charge in [-0.05, 0) is 30.2 Å². The van der Waals surface area contributed by atoms with E-state index in [0.717, 1.165) is 5.56 Å². The van der Waals surface area contributed by atoms with Gasteiger partial charge in [-0.2, -0.15) is 0 Å². The zero-order valence-electron chi connectivity index (χ0n) is 16.5. The molecule has 4 nitrogen and oxygen atoms in total. The highest BCUT2D eigenvalue weighted by Crippen LogP contribution is 2.14. The third-order valence-corrected chi connectivity index (χ3v) is 4.65. The Morgan fingerprint density at radius 3 is 2.23 bits per heavy atom. The molecule has 0 heterocycles. The minimum atomic E-state index is -0.750. The Labute approximate surface area is 174 Å². The molecule has 0 aliphatic rings. The smallest absolute Gasteiger partial charge is 0.238 e. The number of nitrogens with one attached hydrogen (secondary N) is 1. The number of hydrogen-bond donors (Lipinski definition) is 2. The van der Waals surface area contributed by atoms with Crippen molar-refractivity contribution in [2.24, 2.45) is 0 Å². The van der Waals surface area contributed by atoms with Crippen molar-refractivity contribution in [2.75, 3.05) is 18.4 Å². The fourth-order valence-electron chi connectivity index (χ4n) is 3.26. The third-order valence-electron chi connectivity index (χ3n) is 4.65. The van der Waals surface area contributed by atoms with E-state index in [4.69, 9.17) is 0 Å². The first-order valence-electron chi connectivity index (χ1n) is 9.73. The lowest BCUT2D eigenvalue weighted by Gasteiger charge is -2.25. The second-order valence-corrected chi connectivity index (χ2v) is 7.13. The van der Waals surface area contributed by atoms with Crippen LogP contribution in [0.25, 0.3) is 0 Å². The van der Waals surface area contributed by atoms with E-state index in [9.17, 15) is 18.7 Å². The maximum atomic E-state index is 14.1. The van der Waals surface area contributed by atoms with Crippen LogP contribution < -0.4 is 5.32 Å². The van der Waals surface area contributed by atoms with Gasteiger partial charge in [0.15, 0.2) is 0 Å². The van der Waals surface area contributed by atoms with Gasteiger partial charge in [-0.15, -0.1) is 0 Å². The second kappa shape index (κ2) is 10.6. The van der Waals surface area contributed by atoms with Crippen molar-refractivity contribution in [2.45, 2.75) is 19.1 Å². The molecule has 0 aromatic heterocycles.